The molecule has 0 aliphatic rings. The van der Waals surface area contributed by atoms with E-state index in [4.69, 9.17) is 5.26 Å². The van der Waals surface area contributed by atoms with Gasteiger partial charge in [0.1, 0.15) is 5.92 Å². The van der Waals surface area contributed by atoms with Crippen LogP contribution in [-0.4, -0.2) is 35.1 Å². The first-order valence-corrected chi connectivity index (χ1v) is 5.18. The number of carbonyl (C=O) groups is 1. The van der Waals surface area contributed by atoms with Crippen molar-refractivity contribution < 1.29 is 9.90 Å². The highest BCUT2D eigenvalue weighted by Crippen LogP contribution is 2.11. The molecule has 0 spiro atoms. The first-order chi connectivity index (χ1) is 6.81. The van der Waals surface area contributed by atoms with Gasteiger partial charge in [-0.1, -0.05) is 13.3 Å². The number of carbonyl (C=O) groups excluding carboxylic acids is 1. The zero-order valence-corrected chi connectivity index (χ0v) is 9.95. The smallest absolute Gasteiger partial charge is 0.239 e. The van der Waals surface area contributed by atoms with Crippen molar-refractivity contribution in [1.29, 1.82) is 5.26 Å². The summed E-state index contributed by atoms with van der Waals surface area (Å²) in [5.74, 6) is -0.788. The lowest BCUT2D eigenvalue weighted by Gasteiger charge is -2.26. The van der Waals surface area contributed by atoms with Gasteiger partial charge >= 0.3 is 0 Å². The molecule has 4 heteroatoms. The highest BCUT2D eigenvalue weighted by atomic mass is 16.3. The molecule has 1 N–H and O–H groups in total. The second-order valence-electron chi connectivity index (χ2n) is 4.48. The Hall–Kier alpha value is -1.08. The summed E-state index contributed by atoms with van der Waals surface area (Å²) in [6, 6.07) is 2.00. The number of likely N-dealkylation sites (N-methyl/N-ethyl adjacent to an activating group) is 1. The van der Waals surface area contributed by atoms with Gasteiger partial charge in [0, 0.05) is 13.6 Å². The van der Waals surface area contributed by atoms with Crippen molar-refractivity contribution in [3.05, 3.63) is 0 Å². The molecule has 0 heterocycles. The van der Waals surface area contributed by atoms with Crippen LogP contribution in [0.1, 0.15) is 33.6 Å². The van der Waals surface area contributed by atoms with E-state index >= 15 is 0 Å². The number of rotatable bonds is 5. The molecule has 0 radical (unpaired) electrons. The van der Waals surface area contributed by atoms with Gasteiger partial charge in [-0.25, -0.2) is 0 Å². The summed E-state index contributed by atoms with van der Waals surface area (Å²) in [6.45, 7) is 5.46. The maximum absolute atomic E-state index is 11.7. The SMILES string of the molecule is CCCC(C#N)C(=O)N(C)CC(C)(C)O. The Morgan fingerprint density at radius 1 is 1.60 bits per heavy atom. The standard InChI is InChI=1S/C11H20N2O2/c1-5-6-9(7-12)10(14)13(4)8-11(2,3)15/h9,15H,5-6,8H2,1-4H3. The molecule has 0 aliphatic carbocycles. The lowest BCUT2D eigenvalue weighted by molar-refractivity contribution is -0.135. The largest absolute Gasteiger partial charge is 0.389 e. The third kappa shape index (κ3) is 5.38. The number of hydrogen-bond donors (Lipinski definition) is 1. The molecule has 0 bridgehead atoms. The van der Waals surface area contributed by atoms with Gasteiger partial charge in [-0.2, -0.15) is 5.26 Å². The van der Waals surface area contributed by atoms with Gasteiger partial charge in [0.25, 0.3) is 0 Å². The molecule has 0 aliphatic heterocycles. The number of nitriles is 1. The zero-order chi connectivity index (χ0) is 12.1. The predicted molar refractivity (Wildman–Crippen MR) is 57.9 cm³/mol. The van der Waals surface area contributed by atoms with Gasteiger partial charge in [0.15, 0.2) is 0 Å². The fraction of sp³-hybridized carbons (Fsp3) is 0.818. The Bertz CT molecular complexity index is 250. The molecule has 1 atom stereocenters. The van der Waals surface area contributed by atoms with Crippen LogP contribution in [0.4, 0.5) is 0 Å². The Labute approximate surface area is 91.5 Å². The zero-order valence-electron chi connectivity index (χ0n) is 9.95. The number of aliphatic hydroxyl groups is 1. The van der Waals surface area contributed by atoms with E-state index in [1.807, 2.05) is 13.0 Å². The van der Waals surface area contributed by atoms with E-state index in [0.29, 0.717) is 6.42 Å². The second kappa shape index (κ2) is 5.72. The van der Waals surface area contributed by atoms with E-state index < -0.39 is 11.5 Å². The van der Waals surface area contributed by atoms with Gasteiger partial charge in [0.2, 0.25) is 5.91 Å². The molecule has 0 rings (SSSR count). The van der Waals surface area contributed by atoms with Gasteiger partial charge in [-0.3, -0.25) is 4.79 Å². The van der Waals surface area contributed by atoms with Crippen molar-refractivity contribution in [3.8, 4) is 6.07 Å². The van der Waals surface area contributed by atoms with Crippen molar-refractivity contribution in [2.75, 3.05) is 13.6 Å². The van der Waals surface area contributed by atoms with E-state index in [-0.39, 0.29) is 12.5 Å². The third-order valence-electron chi connectivity index (χ3n) is 2.03. The van der Waals surface area contributed by atoms with E-state index in [9.17, 15) is 9.90 Å². The molecule has 0 saturated carbocycles. The molecule has 0 aromatic rings. The van der Waals surface area contributed by atoms with Crippen molar-refractivity contribution in [2.45, 2.75) is 39.2 Å². The molecule has 1 amide bonds. The van der Waals surface area contributed by atoms with Crippen LogP contribution in [0, 0.1) is 17.2 Å². The molecule has 1 unspecified atom stereocenters. The highest BCUT2D eigenvalue weighted by molar-refractivity contribution is 5.81. The first-order valence-electron chi connectivity index (χ1n) is 5.18. The predicted octanol–water partition coefficient (Wildman–Crippen LogP) is 1.16. The van der Waals surface area contributed by atoms with Crippen LogP contribution in [0.5, 0.6) is 0 Å². The van der Waals surface area contributed by atoms with E-state index in [2.05, 4.69) is 0 Å². The quantitative estimate of drug-likeness (QED) is 0.743. The molecule has 15 heavy (non-hydrogen) atoms. The topological polar surface area (TPSA) is 64.3 Å². The van der Waals surface area contributed by atoms with Crippen LogP contribution in [0.3, 0.4) is 0 Å². The van der Waals surface area contributed by atoms with E-state index in [1.165, 1.54) is 4.90 Å². The summed E-state index contributed by atoms with van der Waals surface area (Å²) in [5.41, 5.74) is -0.920. The van der Waals surface area contributed by atoms with E-state index in [0.717, 1.165) is 6.42 Å². The van der Waals surface area contributed by atoms with Crippen LogP contribution < -0.4 is 0 Å². The minimum atomic E-state index is -0.920. The van der Waals surface area contributed by atoms with Gasteiger partial charge in [-0.05, 0) is 20.3 Å². The maximum Gasteiger partial charge on any atom is 0.239 e. The lowest BCUT2D eigenvalue weighted by Crippen LogP contribution is -2.42. The van der Waals surface area contributed by atoms with Crippen LogP contribution in [0.2, 0.25) is 0 Å². The summed E-state index contributed by atoms with van der Waals surface area (Å²) in [5, 5.41) is 18.4. The Kier molecular flexibility index (Phi) is 5.31. The van der Waals surface area contributed by atoms with Crippen molar-refractivity contribution >= 4 is 5.91 Å². The number of nitrogens with zero attached hydrogens (tertiary/aromatic N) is 2. The summed E-state index contributed by atoms with van der Waals surface area (Å²) >= 11 is 0. The number of hydrogen-bond acceptors (Lipinski definition) is 3. The van der Waals surface area contributed by atoms with Gasteiger partial charge in [-0.15, -0.1) is 0 Å². The molecular weight excluding hydrogens is 192 g/mol. The Balaban J connectivity index is 4.37. The van der Waals surface area contributed by atoms with Crippen LogP contribution in [-0.2, 0) is 4.79 Å². The first kappa shape index (κ1) is 13.9. The van der Waals surface area contributed by atoms with Gasteiger partial charge < -0.3 is 10.0 Å². The molecule has 0 aromatic heterocycles. The molecule has 86 valence electrons. The van der Waals surface area contributed by atoms with E-state index in [1.54, 1.807) is 20.9 Å². The van der Waals surface area contributed by atoms with Crippen molar-refractivity contribution in [1.82, 2.24) is 4.90 Å². The monoisotopic (exact) mass is 212 g/mol. The highest BCUT2D eigenvalue weighted by Gasteiger charge is 2.24. The Morgan fingerprint density at radius 3 is 2.47 bits per heavy atom. The summed E-state index contributed by atoms with van der Waals surface area (Å²) in [4.78, 5) is 13.2. The summed E-state index contributed by atoms with van der Waals surface area (Å²) in [6.07, 6.45) is 1.38. The Morgan fingerprint density at radius 2 is 2.13 bits per heavy atom. The van der Waals surface area contributed by atoms with Crippen LogP contribution >= 0.6 is 0 Å². The second-order valence-corrected chi connectivity index (χ2v) is 4.48. The maximum atomic E-state index is 11.7. The summed E-state index contributed by atoms with van der Waals surface area (Å²) in [7, 11) is 1.61. The molecular formula is C11H20N2O2. The summed E-state index contributed by atoms with van der Waals surface area (Å²) < 4.78 is 0. The van der Waals surface area contributed by atoms with Crippen LogP contribution in [0.25, 0.3) is 0 Å². The number of amides is 1. The van der Waals surface area contributed by atoms with Crippen molar-refractivity contribution in [2.24, 2.45) is 5.92 Å². The molecule has 0 aromatic carbocycles. The average molecular weight is 212 g/mol. The molecule has 4 nitrogen and oxygen atoms in total. The molecule has 0 saturated heterocycles. The fourth-order valence-electron chi connectivity index (χ4n) is 1.46. The lowest BCUT2D eigenvalue weighted by atomic mass is 10.0. The normalized spacial score (nSPS) is 13.1. The van der Waals surface area contributed by atoms with Gasteiger partial charge in [0.05, 0.1) is 11.7 Å². The minimum Gasteiger partial charge on any atom is -0.389 e. The average Bonchev–Trinajstić information content (AvgIpc) is 2.10. The molecule has 0 fully saturated rings. The fourth-order valence-corrected chi connectivity index (χ4v) is 1.46. The van der Waals surface area contributed by atoms with Crippen molar-refractivity contribution in [3.63, 3.8) is 0 Å². The third-order valence-corrected chi connectivity index (χ3v) is 2.03. The van der Waals surface area contributed by atoms with Crippen LogP contribution in [0.15, 0.2) is 0 Å². The minimum absolute atomic E-state index is 0.207.